The smallest absolute Gasteiger partial charge is 0.130 e. The van der Waals surface area contributed by atoms with E-state index < -0.39 is 0 Å². The fourth-order valence-corrected chi connectivity index (χ4v) is 5.24. The van der Waals surface area contributed by atoms with E-state index in [9.17, 15) is 0 Å². The van der Waals surface area contributed by atoms with Crippen LogP contribution in [0.1, 0.15) is 44.7 Å². The predicted molar refractivity (Wildman–Crippen MR) is 103 cm³/mol. The van der Waals surface area contributed by atoms with Gasteiger partial charge >= 0.3 is 0 Å². The quantitative estimate of drug-likeness (QED) is 0.697. The Morgan fingerprint density at radius 2 is 1.76 bits per heavy atom. The highest BCUT2D eigenvalue weighted by atomic mass is 16.5. The van der Waals surface area contributed by atoms with Crippen LogP contribution in [0.25, 0.3) is 6.08 Å². The Labute approximate surface area is 149 Å². The highest BCUT2D eigenvalue weighted by Crippen LogP contribution is 2.54. The van der Waals surface area contributed by atoms with E-state index >= 15 is 0 Å². The molecule has 1 saturated carbocycles. The molecule has 2 heteroatoms. The van der Waals surface area contributed by atoms with Gasteiger partial charge in [-0.15, -0.1) is 0 Å². The average Bonchev–Trinajstić information content (AvgIpc) is 2.60. The monoisotopic (exact) mass is 331 g/mol. The second-order valence-corrected chi connectivity index (χ2v) is 8.50. The van der Waals surface area contributed by atoms with Crippen molar-refractivity contribution in [3.05, 3.63) is 65.2 Å². The number of rotatable bonds is 0. The molecular weight excluding hydrogens is 306 g/mol. The Morgan fingerprint density at radius 3 is 2.64 bits per heavy atom. The first-order chi connectivity index (χ1) is 12.0. The van der Waals surface area contributed by atoms with Crippen molar-refractivity contribution in [3.63, 3.8) is 0 Å². The van der Waals surface area contributed by atoms with Gasteiger partial charge in [0.2, 0.25) is 0 Å². The molecule has 5 rings (SSSR count). The molecular formula is C23H25NO. The zero-order valence-corrected chi connectivity index (χ0v) is 15.2. The van der Waals surface area contributed by atoms with Crippen LogP contribution in [0, 0.1) is 5.92 Å². The van der Waals surface area contributed by atoms with E-state index in [2.05, 4.69) is 80.7 Å². The third-order valence-corrected chi connectivity index (χ3v) is 6.70. The molecule has 128 valence electrons. The molecule has 0 amide bonds. The number of fused-ring (bicyclic) bond motifs is 5. The fraction of sp³-hybridized carbons (Fsp3) is 0.391. The summed E-state index contributed by atoms with van der Waals surface area (Å²) in [6.45, 7) is 7.08. The Hall–Kier alpha value is -2.22. The van der Waals surface area contributed by atoms with Crippen molar-refractivity contribution >= 4 is 11.8 Å². The number of anilines is 1. The molecule has 0 saturated heterocycles. The van der Waals surface area contributed by atoms with E-state index in [4.69, 9.17) is 4.74 Å². The number of para-hydroxylation sites is 2. The van der Waals surface area contributed by atoms with Gasteiger partial charge in [-0.25, -0.2) is 0 Å². The first kappa shape index (κ1) is 15.1. The maximum Gasteiger partial charge on any atom is 0.130 e. The van der Waals surface area contributed by atoms with Gasteiger partial charge in [0, 0.05) is 11.3 Å². The van der Waals surface area contributed by atoms with Crippen molar-refractivity contribution in [2.24, 2.45) is 5.92 Å². The highest BCUT2D eigenvalue weighted by molar-refractivity contribution is 5.69. The summed E-state index contributed by atoms with van der Waals surface area (Å²) in [5, 5.41) is 3.86. The number of nitrogens with one attached hydrogen (secondary N) is 1. The normalized spacial score (nSPS) is 31.2. The molecule has 2 heterocycles. The van der Waals surface area contributed by atoms with E-state index in [-0.39, 0.29) is 11.0 Å². The molecule has 3 aliphatic rings. The second-order valence-electron chi connectivity index (χ2n) is 8.50. The molecule has 2 aliphatic heterocycles. The Bertz CT molecular complexity index is 881. The van der Waals surface area contributed by atoms with Crippen LogP contribution >= 0.6 is 0 Å². The molecule has 1 unspecified atom stereocenters. The van der Waals surface area contributed by atoms with Crippen LogP contribution in [0.4, 0.5) is 5.69 Å². The van der Waals surface area contributed by atoms with E-state index in [1.54, 1.807) is 0 Å². The van der Waals surface area contributed by atoms with Gasteiger partial charge in [0.15, 0.2) is 0 Å². The minimum Gasteiger partial charge on any atom is -0.483 e. The summed E-state index contributed by atoms with van der Waals surface area (Å²) in [5.74, 6) is 1.60. The molecule has 1 N–H and O–H groups in total. The second kappa shape index (κ2) is 4.91. The van der Waals surface area contributed by atoms with Gasteiger partial charge in [-0.05, 0) is 60.4 Å². The lowest BCUT2D eigenvalue weighted by Crippen LogP contribution is -2.57. The lowest BCUT2D eigenvalue weighted by atomic mass is 9.58. The lowest BCUT2D eigenvalue weighted by molar-refractivity contribution is 0.0603. The van der Waals surface area contributed by atoms with Crippen molar-refractivity contribution in [1.82, 2.24) is 0 Å². The average molecular weight is 331 g/mol. The van der Waals surface area contributed by atoms with Crippen molar-refractivity contribution in [1.29, 1.82) is 0 Å². The van der Waals surface area contributed by atoms with Crippen molar-refractivity contribution in [2.45, 2.75) is 50.7 Å². The van der Waals surface area contributed by atoms with Gasteiger partial charge in [0.25, 0.3) is 0 Å². The third-order valence-electron chi connectivity index (χ3n) is 6.70. The summed E-state index contributed by atoms with van der Waals surface area (Å²) < 4.78 is 6.52. The summed E-state index contributed by atoms with van der Waals surface area (Å²) in [4.78, 5) is 0. The Kier molecular flexibility index (Phi) is 2.96. The third kappa shape index (κ3) is 2.03. The van der Waals surface area contributed by atoms with Crippen LogP contribution in [-0.2, 0) is 5.41 Å². The van der Waals surface area contributed by atoms with Crippen LogP contribution in [0.5, 0.6) is 5.75 Å². The highest BCUT2D eigenvalue weighted by Gasteiger charge is 2.52. The summed E-state index contributed by atoms with van der Waals surface area (Å²) in [6.07, 6.45) is 4.63. The van der Waals surface area contributed by atoms with E-state index in [0.717, 1.165) is 12.2 Å². The van der Waals surface area contributed by atoms with Crippen LogP contribution in [-0.4, -0.2) is 11.6 Å². The van der Waals surface area contributed by atoms with Crippen LogP contribution in [0.3, 0.4) is 0 Å². The van der Waals surface area contributed by atoms with Gasteiger partial charge in [-0.2, -0.15) is 0 Å². The summed E-state index contributed by atoms with van der Waals surface area (Å²) in [5.41, 5.74) is 5.28. The summed E-state index contributed by atoms with van der Waals surface area (Å²) in [7, 11) is 0. The molecule has 2 aromatic carbocycles. The van der Waals surface area contributed by atoms with Gasteiger partial charge in [-0.1, -0.05) is 50.2 Å². The van der Waals surface area contributed by atoms with Crippen molar-refractivity contribution in [3.8, 4) is 5.75 Å². The number of hydrogen-bond acceptors (Lipinski definition) is 2. The van der Waals surface area contributed by atoms with E-state index in [1.165, 1.54) is 28.8 Å². The van der Waals surface area contributed by atoms with Gasteiger partial charge in [0.1, 0.15) is 11.4 Å². The maximum absolute atomic E-state index is 6.52. The van der Waals surface area contributed by atoms with E-state index in [0.29, 0.717) is 12.0 Å². The van der Waals surface area contributed by atoms with Crippen molar-refractivity contribution < 1.29 is 4.74 Å². The number of ether oxygens (including phenoxy) is 1. The molecule has 1 aliphatic carbocycles. The van der Waals surface area contributed by atoms with Crippen LogP contribution < -0.4 is 10.1 Å². The molecule has 2 aromatic rings. The first-order valence-corrected chi connectivity index (χ1v) is 9.35. The van der Waals surface area contributed by atoms with Crippen molar-refractivity contribution in [2.75, 3.05) is 5.32 Å². The molecule has 0 radical (unpaired) electrons. The minimum absolute atomic E-state index is 0.158. The van der Waals surface area contributed by atoms with Crippen LogP contribution in [0.2, 0.25) is 0 Å². The Balaban J connectivity index is 1.67. The van der Waals surface area contributed by atoms with Crippen LogP contribution in [0.15, 0.2) is 54.1 Å². The topological polar surface area (TPSA) is 21.3 Å². The number of benzene rings is 2. The summed E-state index contributed by atoms with van der Waals surface area (Å²) in [6, 6.07) is 17.5. The maximum atomic E-state index is 6.52. The largest absolute Gasteiger partial charge is 0.483 e. The zero-order chi connectivity index (χ0) is 17.2. The van der Waals surface area contributed by atoms with Gasteiger partial charge in [0.05, 0.1) is 6.04 Å². The van der Waals surface area contributed by atoms with Gasteiger partial charge in [-0.3, -0.25) is 0 Å². The first-order valence-electron chi connectivity index (χ1n) is 9.35. The zero-order valence-electron chi connectivity index (χ0n) is 15.2. The Morgan fingerprint density at radius 1 is 1.00 bits per heavy atom. The standard InChI is InChI=1S/C23H25NO/c1-22(2)16-9-5-6-10-19(16)24-21-17(22)12-13-23(3)18(21)14-15-8-4-7-11-20(15)25-23/h4-11,14,17,21,24H,12-13H2,1-3H3/t17-,21+,23?/m1/s1. The molecule has 0 aromatic heterocycles. The number of hydrogen-bond donors (Lipinski definition) is 1. The predicted octanol–water partition coefficient (Wildman–Crippen LogP) is 5.40. The fourth-order valence-electron chi connectivity index (χ4n) is 5.24. The molecule has 0 bridgehead atoms. The van der Waals surface area contributed by atoms with E-state index in [1.807, 2.05) is 0 Å². The molecule has 25 heavy (non-hydrogen) atoms. The van der Waals surface area contributed by atoms with Gasteiger partial charge < -0.3 is 10.1 Å². The molecule has 0 spiro atoms. The molecule has 1 fully saturated rings. The molecule has 2 nitrogen and oxygen atoms in total. The molecule has 3 atom stereocenters. The SMILES string of the molecule is CC12CC[C@@H]3[C@H](Nc4ccccc4C3(C)C)C1=Cc1ccccc1O2. The summed E-state index contributed by atoms with van der Waals surface area (Å²) >= 11 is 0. The lowest BCUT2D eigenvalue weighted by Gasteiger charge is -2.54. The minimum atomic E-state index is -0.203.